The van der Waals surface area contributed by atoms with Crippen molar-refractivity contribution in [3.8, 4) is 5.75 Å². The van der Waals surface area contributed by atoms with E-state index in [0.29, 0.717) is 16.3 Å². The van der Waals surface area contributed by atoms with E-state index < -0.39 is 11.9 Å². The number of aliphatic hydroxyl groups is 1. The Kier molecular flexibility index (Phi) is 4.86. The van der Waals surface area contributed by atoms with Crippen molar-refractivity contribution in [2.75, 3.05) is 7.11 Å². The van der Waals surface area contributed by atoms with E-state index in [-0.39, 0.29) is 11.4 Å². The van der Waals surface area contributed by atoms with Crippen LogP contribution in [0.4, 0.5) is 4.39 Å². The van der Waals surface area contributed by atoms with Crippen LogP contribution in [-0.4, -0.2) is 12.2 Å². The van der Waals surface area contributed by atoms with Gasteiger partial charge in [-0.05, 0) is 41.5 Å². The molecular formula is C15H13Cl2FO2. The van der Waals surface area contributed by atoms with Crippen molar-refractivity contribution >= 4 is 23.2 Å². The molecule has 0 aliphatic rings. The Morgan fingerprint density at radius 2 is 1.95 bits per heavy atom. The maximum atomic E-state index is 13.0. The van der Waals surface area contributed by atoms with Gasteiger partial charge < -0.3 is 9.84 Å². The normalized spacial score (nSPS) is 12.2. The Labute approximate surface area is 126 Å². The van der Waals surface area contributed by atoms with Crippen LogP contribution in [0.2, 0.25) is 10.0 Å². The molecule has 20 heavy (non-hydrogen) atoms. The molecule has 0 aliphatic carbocycles. The quantitative estimate of drug-likeness (QED) is 0.905. The third-order valence-electron chi connectivity index (χ3n) is 2.98. The second-order valence-corrected chi connectivity index (χ2v) is 5.19. The number of hydrogen-bond acceptors (Lipinski definition) is 2. The molecule has 2 rings (SSSR count). The summed E-state index contributed by atoms with van der Waals surface area (Å²) < 4.78 is 18.2. The lowest BCUT2D eigenvalue weighted by atomic mass is 10.0. The van der Waals surface area contributed by atoms with Crippen molar-refractivity contribution in [1.82, 2.24) is 0 Å². The third-order valence-corrected chi connectivity index (χ3v) is 3.54. The van der Waals surface area contributed by atoms with Crippen LogP contribution in [0.1, 0.15) is 17.2 Å². The largest absolute Gasteiger partial charge is 0.496 e. The van der Waals surface area contributed by atoms with Crippen LogP contribution in [0.3, 0.4) is 0 Å². The zero-order valence-electron chi connectivity index (χ0n) is 10.7. The molecule has 2 nitrogen and oxygen atoms in total. The first kappa shape index (κ1) is 15.1. The van der Waals surface area contributed by atoms with Crippen LogP contribution < -0.4 is 4.74 Å². The highest BCUT2D eigenvalue weighted by molar-refractivity contribution is 6.31. The lowest BCUT2D eigenvalue weighted by Gasteiger charge is -2.15. The molecule has 1 atom stereocenters. The van der Waals surface area contributed by atoms with Crippen molar-refractivity contribution in [2.24, 2.45) is 0 Å². The average molecular weight is 315 g/mol. The van der Waals surface area contributed by atoms with Gasteiger partial charge in [-0.1, -0.05) is 29.3 Å². The molecule has 0 saturated heterocycles. The number of methoxy groups -OCH3 is 1. The van der Waals surface area contributed by atoms with Crippen LogP contribution in [0, 0.1) is 5.82 Å². The molecule has 1 unspecified atom stereocenters. The van der Waals surface area contributed by atoms with E-state index in [2.05, 4.69) is 0 Å². The Morgan fingerprint density at radius 1 is 1.20 bits per heavy atom. The van der Waals surface area contributed by atoms with Crippen LogP contribution in [0.25, 0.3) is 0 Å². The number of hydrogen-bond donors (Lipinski definition) is 1. The zero-order valence-corrected chi connectivity index (χ0v) is 12.2. The summed E-state index contributed by atoms with van der Waals surface area (Å²) in [6, 6.07) is 9.08. The van der Waals surface area contributed by atoms with Gasteiger partial charge in [0.05, 0.1) is 13.2 Å². The molecule has 0 radical (unpaired) electrons. The molecular weight excluding hydrogens is 302 g/mol. The molecule has 106 valence electrons. The Balaban J connectivity index is 2.27. The minimum atomic E-state index is -0.865. The van der Waals surface area contributed by atoms with E-state index in [4.69, 9.17) is 27.9 Å². The van der Waals surface area contributed by atoms with Gasteiger partial charge >= 0.3 is 0 Å². The molecule has 0 fully saturated rings. The molecule has 0 saturated carbocycles. The fourth-order valence-corrected chi connectivity index (χ4v) is 2.48. The standard InChI is InChI=1S/C15H13Cl2FO2/c1-20-15-5-2-10(16)6-9(15)7-14(19)12-4-3-11(18)8-13(12)17/h2-6,8,14,19H,7H2,1H3. The number of aliphatic hydroxyl groups excluding tert-OH is 1. The second-order valence-electron chi connectivity index (χ2n) is 4.34. The average Bonchev–Trinajstić information content (AvgIpc) is 2.38. The molecule has 2 aromatic carbocycles. The molecule has 0 aliphatic heterocycles. The number of ether oxygens (including phenoxy) is 1. The lowest BCUT2D eigenvalue weighted by molar-refractivity contribution is 0.177. The Morgan fingerprint density at radius 3 is 2.60 bits per heavy atom. The Bertz CT molecular complexity index is 617. The number of halogens is 3. The van der Waals surface area contributed by atoms with Gasteiger partial charge in [0.25, 0.3) is 0 Å². The second kappa shape index (κ2) is 6.44. The van der Waals surface area contributed by atoms with Crippen molar-refractivity contribution in [3.05, 3.63) is 63.4 Å². The van der Waals surface area contributed by atoms with Crippen LogP contribution in [-0.2, 0) is 6.42 Å². The van der Waals surface area contributed by atoms with Crippen molar-refractivity contribution in [1.29, 1.82) is 0 Å². The van der Waals surface area contributed by atoms with Gasteiger partial charge in [0, 0.05) is 16.5 Å². The van der Waals surface area contributed by atoms with Gasteiger partial charge in [0.2, 0.25) is 0 Å². The first-order chi connectivity index (χ1) is 9.51. The van der Waals surface area contributed by atoms with E-state index in [1.807, 2.05) is 0 Å². The number of rotatable bonds is 4. The van der Waals surface area contributed by atoms with Crippen molar-refractivity contribution in [3.63, 3.8) is 0 Å². The van der Waals surface area contributed by atoms with Gasteiger partial charge in [-0.3, -0.25) is 0 Å². The van der Waals surface area contributed by atoms with Crippen LogP contribution in [0.15, 0.2) is 36.4 Å². The first-order valence-corrected chi connectivity index (χ1v) is 6.72. The maximum Gasteiger partial charge on any atom is 0.124 e. The van der Waals surface area contributed by atoms with Crippen molar-refractivity contribution < 1.29 is 14.2 Å². The van der Waals surface area contributed by atoms with E-state index in [9.17, 15) is 9.50 Å². The molecule has 0 aromatic heterocycles. The summed E-state index contributed by atoms with van der Waals surface area (Å²) >= 11 is 11.9. The minimum Gasteiger partial charge on any atom is -0.496 e. The topological polar surface area (TPSA) is 29.5 Å². The van der Waals surface area contributed by atoms with Gasteiger partial charge in [-0.2, -0.15) is 0 Å². The molecule has 5 heteroatoms. The zero-order chi connectivity index (χ0) is 14.7. The van der Waals surface area contributed by atoms with Gasteiger partial charge in [-0.25, -0.2) is 4.39 Å². The predicted molar refractivity (Wildman–Crippen MR) is 78.1 cm³/mol. The molecule has 1 N–H and O–H groups in total. The predicted octanol–water partition coefficient (Wildman–Crippen LogP) is 4.42. The van der Waals surface area contributed by atoms with E-state index in [0.717, 1.165) is 5.56 Å². The van der Waals surface area contributed by atoms with Gasteiger partial charge in [-0.15, -0.1) is 0 Å². The third kappa shape index (κ3) is 3.42. The monoisotopic (exact) mass is 314 g/mol. The SMILES string of the molecule is COc1ccc(Cl)cc1CC(O)c1ccc(F)cc1Cl. The van der Waals surface area contributed by atoms with Crippen LogP contribution >= 0.6 is 23.2 Å². The smallest absolute Gasteiger partial charge is 0.124 e. The van der Waals surface area contributed by atoms with Crippen molar-refractivity contribution in [2.45, 2.75) is 12.5 Å². The fourth-order valence-electron chi connectivity index (χ4n) is 2.00. The summed E-state index contributed by atoms with van der Waals surface area (Å²) in [4.78, 5) is 0. The Hall–Kier alpha value is -1.29. The fraction of sp³-hybridized carbons (Fsp3) is 0.200. The molecule has 0 bridgehead atoms. The lowest BCUT2D eigenvalue weighted by Crippen LogP contribution is -2.04. The highest BCUT2D eigenvalue weighted by Gasteiger charge is 2.15. The molecule has 0 amide bonds. The minimum absolute atomic E-state index is 0.193. The van der Waals surface area contributed by atoms with Gasteiger partial charge in [0.1, 0.15) is 11.6 Å². The van der Waals surface area contributed by atoms with Gasteiger partial charge in [0.15, 0.2) is 0 Å². The highest BCUT2D eigenvalue weighted by atomic mass is 35.5. The van der Waals surface area contributed by atoms with E-state index in [1.54, 1.807) is 25.3 Å². The molecule has 2 aromatic rings. The van der Waals surface area contributed by atoms with E-state index in [1.165, 1.54) is 18.2 Å². The molecule has 0 spiro atoms. The molecule has 0 heterocycles. The summed E-state index contributed by atoms with van der Waals surface area (Å²) in [5.41, 5.74) is 1.22. The maximum absolute atomic E-state index is 13.0. The van der Waals surface area contributed by atoms with Crippen LogP contribution in [0.5, 0.6) is 5.75 Å². The highest BCUT2D eigenvalue weighted by Crippen LogP contribution is 2.30. The summed E-state index contributed by atoms with van der Waals surface area (Å²) in [7, 11) is 1.55. The summed E-state index contributed by atoms with van der Waals surface area (Å²) in [6.07, 6.45) is -0.592. The first-order valence-electron chi connectivity index (χ1n) is 5.96. The summed E-state index contributed by atoms with van der Waals surface area (Å²) in [6.45, 7) is 0. The summed E-state index contributed by atoms with van der Waals surface area (Å²) in [5, 5.41) is 11.0. The van der Waals surface area contributed by atoms with E-state index >= 15 is 0 Å². The summed E-state index contributed by atoms with van der Waals surface area (Å²) in [5.74, 6) is 0.193. The number of benzene rings is 2.